The Kier molecular flexibility index (Phi) is 14.0. The molecule has 0 amide bonds. The van der Waals surface area contributed by atoms with Gasteiger partial charge in [-0.2, -0.15) is 0 Å². The summed E-state index contributed by atoms with van der Waals surface area (Å²) in [6.07, 6.45) is 7.05. The van der Waals surface area contributed by atoms with Crippen molar-refractivity contribution in [3.63, 3.8) is 0 Å². The Labute approximate surface area is 112 Å². The first-order valence-electron chi connectivity index (χ1n) is 6.26. The van der Waals surface area contributed by atoms with E-state index in [9.17, 15) is 4.39 Å². The zero-order chi connectivity index (χ0) is 14.4. The highest BCUT2D eigenvalue weighted by atomic mass is 19.1. The molecule has 1 aromatic carbocycles. The van der Waals surface area contributed by atoms with Crippen molar-refractivity contribution in [1.82, 2.24) is 0 Å². The van der Waals surface area contributed by atoms with Gasteiger partial charge in [-0.15, -0.1) is 0 Å². The van der Waals surface area contributed by atoms with Gasteiger partial charge >= 0.3 is 0 Å². The van der Waals surface area contributed by atoms with Crippen molar-refractivity contribution in [2.45, 2.75) is 34.6 Å². The summed E-state index contributed by atoms with van der Waals surface area (Å²) in [4.78, 5) is 0. The molecule has 0 aromatic heterocycles. The summed E-state index contributed by atoms with van der Waals surface area (Å²) in [6, 6.07) is 8.48. The minimum absolute atomic E-state index is 0.391. The van der Waals surface area contributed by atoms with Crippen molar-refractivity contribution in [3.05, 3.63) is 66.0 Å². The molecule has 0 saturated carbocycles. The van der Waals surface area contributed by atoms with Gasteiger partial charge in [-0.3, -0.25) is 0 Å². The lowest BCUT2D eigenvalue weighted by atomic mass is 10.1. The molecule has 0 saturated heterocycles. The van der Waals surface area contributed by atoms with E-state index >= 15 is 0 Å². The predicted octanol–water partition coefficient (Wildman–Crippen LogP) is 6.10. The maximum Gasteiger partial charge on any atom is 0.115 e. The molecule has 0 fully saturated rings. The van der Waals surface area contributed by atoms with Crippen molar-refractivity contribution in [3.8, 4) is 0 Å². The maximum atomic E-state index is 11.4. The smallest absolute Gasteiger partial charge is 0.115 e. The van der Waals surface area contributed by atoms with Crippen LogP contribution in [0.4, 0.5) is 4.39 Å². The molecule has 0 aliphatic heterocycles. The van der Waals surface area contributed by atoms with Crippen molar-refractivity contribution < 1.29 is 4.39 Å². The predicted molar refractivity (Wildman–Crippen MR) is 82.3 cm³/mol. The number of allylic oxidation sites excluding steroid dienone is 4. The molecule has 0 unspecified atom stereocenters. The van der Waals surface area contributed by atoms with Crippen molar-refractivity contribution in [1.29, 1.82) is 0 Å². The second-order valence-corrected chi connectivity index (χ2v) is 3.36. The molecule has 0 spiro atoms. The minimum Gasteiger partial charge on any atom is -0.208 e. The summed E-state index contributed by atoms with van der Waals surface area (Å²) in [5, 5.41) is 0. The fourth-order valence-corrected chi connectivity index (χ4v) is 1.05. The van der Waals surface area contributed by atoms with Crippen LogP contribution in [0.1, 0.15) is 38.8 Å². The van der Waals surface area contributed by atoms with Crippen LogP contribution in [0, 0.1) is 6.92 Å². The van der Waals surface area contributed by atoms with E-state index in [1.54, 1.807) is 13.0 Å². The Balaban J connectivity index is 0. The molecule has 0 bridgehead atoms. The van der Waals surface area contributed by atoms with E-state index < -0.39 is 5.83 Å². The zero-order valence-corrected chi connectivity index (χ0v) is 12.2. The van der Waals surface area contributed by atoms with Crippen LogP contribution < -0.4 is 0 Å². The summed E-state index contributed by atoms with van der Waals surface area (Å²) < 4.78 is 11.4. The Bertz CT molecular complexity index is 356. The van der Waals surface area contributed by atoms with Gasteiger partial charge < -0.3 is 0 Å². The van der Waals surface area contributed by atoms with E-state index in [-0.39, 0.29) is 0 Å². The zero-order valence-electron chi connectivity index (χ0n) is 12.2. The third-order valence-electron chi connectivity index (χ3n) is 1.78. The van der Waals surface area contributed by atoms with Gasteiger partial charge in [0.2, 0.25) is 0 Å². The minimum atomic E-state index is -0.391. The van der Waals surface area contributed by atoms with Gasteiger partial charge in [0.05, 0.1) is 0 Å². The molecule has 1 aromatic rings. The summed E-state index contributed by atoms with van der Waals surface area (Å²) in [5.74, 6) is -0.391. The van der Waals surface area contributed by atoms with Gasteiger partial charge in [0, 0.05) is 0 Å². The lowest BCUT2D eigenvalue weighted by Gasteiger charge is -1.92. The number of hydrogen-bond donors (Lipinski definition) is 0. The molecule has 1 heteroatoms. The number of benzene rings is 1. The van der Waals surface area contributed by atoms with Crippen molar-refractivity contribution in [2.75, 3.05) is 0 Å². The third-order valence-corrected chi connectivity index (χ3v) is 1.78. The average molecular weight is 248 g/mol. The molecule has 0 radical (unpaired) electrons. The highest BCUT2D eigenvalue weighted by Gasteiger charge is 1.83. The molecule has 0 nitrogen and oxygen atoms in total. The summed E-state index contributed by atoms with van der Waals surface area (Å²) >= 11 is 0. The molecule has 0 N–H and O–H groups in total. The van der Waals surface area contributed by atoms with Gasteiger partial charge in [-0.05, 0) is 32.4 Å². The SMILES string of the molecule is C=C(F)/C=C\C.CC.CC=Cc1ccc(C)cc1. The first-order valence-corrected chi connectivity index (χ1v) is 6.26. The van der Waals surface area contributed by atoms with E-state index in [1.165, 1.54) is 17.2 Å². The highest BCUT2D eigenvalue weighted by molar-refractivity contribution is 5.48. The molecule has 0 heterocycles. The molecule has 0 atom stereocenters. The summed E-state index contributed by atoms with van der Waals surface area (Å²) in [6.45, 7) is 12.9. The van der Waals surface area contributed by atoms with Crippen LogP contribution in [0.15, 0.2) is 54.9 Å². The second-order valence-electron chi connectivity index (χ2n) is 3.36. The first kappa shape index (κ1) is 18.7. The van der Waals surface area contributed by atoms with Gasteiger partial charge in [0.1, 0.15) is 5.83 Å². The molecule has 0 aliphatic rings. The van der Waals surface area contributed by atoms with Gasteiger partial charge in [0.25, 0.3) is 0 Å². The van der Waals surface area contributed by atoms with Gasteiger partial charge in [0.15, 0.2) is 0 Å². The van der Waals surface area contributed by atoms with Crippen LogP contribution in [-0.4, -0.2) is 0 Å². The monoisotopic (exact) mass is 248 g/mol. The standard InChI is InChI=1S/C10H12.C5H7F.C2H6/c1-3-4-10-7-5-9(2)6-8-10;1-3-4-5(2)6;1-2/h3-8H,1-2H3;3-4H,2H2,1H3;1-2H3/b;4-3-;. The van der Waals surface area contributed by atoms with Crippen LogP contribution in [0.25, 0.3) is 6.08 Å². The van der Waals surface area contributed by atoms with E-state index in [1.807, 2.05) is 26.8 Å². The highest BCUT2D eigenvalue weighted by Crippen LogP contribution is 2.04. The lowest BCUT2D eigenvalue weighted by molar-refractivity contribution is 0.671. The van der Waals surface area contributed by atoms with Crippen LogP contribution in [0.5, 0.6) is 0 Å². The average Bonchev–Trinajstić information content (AvgIpc) is 2.36. The van der Waals surface area contributed by atoms with Crippen molar-refractivity contribution >= 4 is 6.08 Å². The Morgan fingerprint density at radius 3 is 1.83 bits per heavy atom. The first-order chi connectivity index (χ1) is 8.60. The van der Waals surface area contributed by atoms with E-state index in [0.29, 0.717) is 0 Å². The lowest BCUT2D eigenvalue weighted by Crippen LogP contribution is -1.71. The van der Waals surface area contributed by atoms with E-state index in [4.69, 9.17) is 0 Å². The maximum absolute atomic E-state index is 11.4. The number of halogens is 1. The van der Waals surface area contributed by atoms with Crippen LogP contribution >= 0.6 is 0 Å². The van der Waals surface area contributed by atoms with Crippen molar-refractivity contribution in [2.24, 2.45) is 0 Å². The number of aryl methyl sites for hydroxylation is 1. The third kappa shape index (κ3) is 12.4. The Morgan fingerprint density at radius 1 is 1.06 bits per heavy atom. The molecular formula is C17H25F. The van der Waals surface area contributed by atoms with Gasteiger partial charge in [-0.25, -0.2) is 4.39 Å². The number of rotatable bonds is 2. The Hall–Kier alpha value is -1.63. The van der Waals surface area contributed by atoms with Crippen LogP contribution in [0.3, 0.4) is 0 Å². The summed E-state index contributed by atoms with van der Waals surface area (Å²) in [5.41, 5.74) is 2.58. The molecule has 100 valence electrons. The topological polar surface area (TPSA) is 0 Å². The molecular weight excluding hydrogens is 223 g/mol. The molecule has 0 aliphatic carbocycles. The fraction of sp³-hybridized carbons (Fsp3) is 0.294. The largest absolute Gasteiger partial charge is 0.208 e. The van der Waals surface area contributed by atoms with E-state index in [2.05, 4.69) is 43.8 Å². The number of hydrogen-bond acceptors (Lipinski definition) is 0. The van der Waals surface area contributed by atoms with Gasteiger partial charge in [-0.1, -0.05) is 68.5 Å². The van der Waals surface area contributed by atoms with Crippen LogP contribution in [0.2, 0.25) is 0 Å². The molecule has 1 rings (SSSR count). The van der Waals surface area contributed by atoms with Crippen LogP contribution in [-0.2, 0) is 0 Å². The van der Waals surface area contributed by atoms with E-state index in [0.717, 1.165) is 0 Å². The Morgan fingerprint density at radius 2 is 1.56 bits per heavy atom. The fourth-order valence-electron chi connectivity index (χ4n) is 1.05. The normalized spacial score (nSPS) is 9.44. The summed E-state index contributed by atoms with van der Waals surface area (Å²) in [7, 11) is 0. The molecule has 18 heavy (non-hydrogen) atoms. The quantitative estimate of drug-likeness (QED) is 0.555. The second kappa shape index (κ2) is 13.4.